The Kier molecular flexibility index (Phi) is 6.42. The molecule has 1 aliphatic carbocycles. The van der Waals surface area contributed by atoms with E-state index in [1.807, 2.05) is 6.07 Å². The van der Waals surface area contributed by atoms with E-state index in [9.17, 15) is 27.9 Å². The lowest BCUT2D eigenvalue weighted by Crippen LogP contribution is -2.39. The number of fused-ring (bicyclic) bond motifs is 1. The molecular formula is C28H24F3NO6. The van der Waals surface area contributed by atoms with E-state index in [1.165, 1.54) is 43.5 Å². The van der Waals surface area contributed by atoms with Crippen molar-refractivity contribution in [3.05, 3.63) is 89.0 Å². The minimum absolute atomic E-state index is 0.152. The minimum atomic E-state index is -4.79. The predicted molar refractivity (Wildman–Crippen MR) is 129 cm³/mol. The highest BCUT2D eigenvalue weighted by molar-refractivity contribution is 5.91. The van der Waals surface area contributed by atoms with Crippen LogP contribution in [0.1, 0.15) is 58.5 Å². The molecular weight excluding hydrogens is 503 g/mol. The molecule has 1 aliphatic heterocycles. The number of aromatic carboxylic acids is 1. The first-order chi connectivity index (χ1) is 18.1. The second-order valence-electron chi connectivity index (χ2n) is 9.35. The van der Waals surface area contributed by atoms with E-state index in [0.29, 0.717) is 36.3 Å². The van der Waals surface area contributed by atoms with Gasteiger partial charge in [0, 0.05) is 18.1 Å². The maximum Gasteiger partial charge on any atom is 0.573 e. The molecule has 7 nitrogen and oxygen atoms in total. The highest BCUT2D eigenvalue weighted by Gasteiger charge is 2.52. The highest BCUT2D eigenvalue weighted by Crippen LogP contribution is 2.50. The van der Waals surface area contributed by atoms with Crippen LogP contribution in [0, 0.1) is 0 Å². The van der Waals surface area contributed by atoms with Crippen molar-refractivity contribution < 1.29 is 42.1 Å². The third-order valence-corrected chi connectivity index (χ3v) is 6.98. The van der Waals surface area contributed by atoms with Crippen LogP contribution in [0.3, 0.4) is 0 Å². The van der Waals surface area contributed by atoms with Crippen molar-refractivity contribution >= 4 is 11.9 Å². The summed E-state index contributed by atoms with van der Waals surface area (Å²) in [6.45, 7) is 0. The van der Waals surface area contributed by atoms with Gasteiger partial charge in [0.15, 0.2) is 0 Å². The quantitative estimate of drug-likeness (QED) is 0.409. The first-order valence-corrected chi connectivity index (χ1v) is 11.9. The van der Waals surface area contributed by atoms with Crippen molar-refractivity contribution in [2.24, 2.45) is 0 Å². The van der Waals surface area contributed by atoms with E-state index in [-0.39, 0.29) is 17.2 Å². The number of hydrogen-bond acceptors (Lipinski definition) is 5. The Morgan fingerprint density at radius 1 is 1.00 bits per heavy atom. The maximum absolute atomic E-state index is 13.6. The molecule has 3 aromatic carbocycles. The Labute approximate surface area is 216 Å². The molecule has 198 valence electrons. The third-order valence-electron chi connectivity index (χ3n) is 6.98. The Bertz CT molecular complexity index is 1350. The number of halogens is 3. The van der Waals surface area contributed by atoms with E-state index >= 15 is 0 Å². The van der Waals surface area contributed by atoms with Gasteiger partial charge in [0.05, 0.1) is 24.1 Å². The van der Waals surface area contributed by atoms with Crippen LogP contribution in [0.15, 0.2) is 66.7 Å². The molecule has 2 atom stereocenters. The molecule has 0 spiro atoms. The second-order valence-corrected chi connectivity index (χ2v) is 9.35. The molecule has 0 unspecified atom stereocenters. The summed E-state index contributed by atoms with van der Waals surface area (Å²) in [5, 5.41) is 12.3. The number of methoxy groups -OCH3 is 1. The molecule has 5 rings (SSSR count). The molecule has 1 amide bonds. The topological polar surface area (TPSA) is 94.1 Å². The number of nitrogens with one attached hydrogen (secondary N) is 1. The zero-order valence-electron chi connectivity index (χ0n) is 20.2. The number of carbonyl (C=O) groups is 2. The summed E-state index contributed by atoms with van der Waals surface area (Å²) < 4.78 is 53.1. The lowest BCUT2D eigenvalue weighted by Gasteiger charge is -2.34. The molecule has 1 heterocycles. The van der Waals surface area contributed by atoms with Crippen LogP contribution in [-0.2, 0) is 10.2 Å². The van der Waals surface area contributed by atoms with Crippen molar-refractivity contribution in [1.82, 2.24) is 5.32 Å². The molecule has 2 aliphatic rings. The summed E-state index contributed by atoms with van der Waals surface area (Å²) in [6, 6.07) is 16.7. The summed E-state index contributed by atoms with van der Waals surface area (Å²) in [4.78, 5) is 24.8. The van der Waals surface area contributed by atoms with Crippen LogP contribution in [0.2, 0.25) is 0 Å². The van der Waals surface area contributed by atoms with Gasteiger partial charge < -0.3 is 24.6 Å². The van der Waals surface area contributed by atoms with Crippen LogP contribution in [0.4, 0.5) is 13.2 Å². The Hall–Kier alpha value is -4.21. The zero-order valence-corrected chi connectivity index (χ0v) is 20.2. The number of benzene rings is 3. The zero-order chi connectivity index (χ0) is 27.1. The second kappa shape index (κ2) is 9.59. The normalized spacial score (nSPS) is 19.5. The molecule has 1 fully saturated rings. The van der Waals surface area contributed by atoms with E-state index in [1.54, 1.807) is 24.3 Å². The van der Waals surface area contributed by atoms with Crippen molar-refractivity contribution in [2.45, 2.75) is 43.2 Å². The first-order valence-electron chi connectivity index (χ1n) is 11.9. The number of hydrogen-bond donors (Lipinski definition) is 2. The van der Waals surface area contributed by atoms with Crippen LogP contribution < -0.4 is 19.5 Å². The third kappa shape index (κ3) is 5.11. The predicted octanol–water partition coefficient (Wildman–Crippen LogP) is 5.70. The lowest BCUT2D eigenvalue weighted by molar-refractivity contribution is -0.274. The van der Waals surface area contributed by atoms with Gasteiger partial charge in [0.1, 0.15) is 23.4 Å². The minimum Gasteiger partial charge on any atom is -0.497 e. The summed E-state index contributed by atoms with van der Waals surface area (Å²) in [5.41, 5.74) is 1.46. The lowest BCUT2D eigenvalue weighted by atomic mass is 9.90. The Morgan fingerprint density at radius 3 is 2.24 bits per heavy atom. The van der Waals surface area contributed by atoms with Crippen LogP contribution in [-0.4, -0.2) is 30.5 Å². The van der Waals surface area contributed by atoms with E-state index < -0.39 is 29.9 Å². The van der Waals surface area contributed by atoms with E-state index in [0.717, 1.165) is 11.1 Å². The summed E-state index contributed by atoms with van der Waals surface area (Å²) >= 11 is 0. The van der Waals surface area contributed by atoms with Gasteiger partial charge in [-0.1, -0.05) is 24.3 Å². The summed E-state index contributed by atoms with van der Waals surface area (Å²) in [6.07, 6.45) is -3.73. The molecule has 0 saturated heterocycles. The van der Waals surface area contributed by atoms with Gasteiger partial charge in [-0.3, -0.25) is 4.79 Å². The molecule has 2 N–H and O–H groups in total. The maximum atomic E-state index is 13.6. The van der Waals surface area contributed by atoms with Gasteiger partial charge in [-0.15, -0.1) is 13.2 Å². The van der Waals surface area contributed by atoms with Crippen LogP contribution in [0.5, 0.6) is 17.2 Å². The van der Waals surface area contributed by atoms with Gasteiger partial charge in [0.25, 0.3) is 0 Å². The first kappa shape index (κ1) is 25.4. The molecule has 3 aromatic rings. The number of rotatable bonds is 7. The summed E-state index contributed by atoms with van der Waals surface area (Å²) in [5.74, 6) is -0.492. The van der Waals surface area contributed by atoms with Crippen LogP contribution in [0.25, 0.3) is 0 Å². The number of amides is 1. The van der Waals surface area contributed by atoms with Gasteiger partial charge in [0.2, 0.25) is 5.91 Å². The Balaban J connectivity index is 1.39. The molecule has 0 radical (unpaired) electrons. The van der Waals surface area contributed by atoms with Crippen LogP contribution >= 0.6 is 0 Å². The standard InChI is InChI=1S/C28H24F3NO6/c1-36-20-10-11-21-22(15-23(37-24(21)14-20)16-2-4-17(5-3-16)25(33)34)32-26(35)27(12-13-27)18-6-8-19(9-7-18)38-28(29,30)31/h2-11,14,22-23H,12-13,15H2,1H3,(H,32,35)(H,33,34)/t22-,23-/m1/s1. The average molecular weight is 527 g/mol. The monoisotopic (exact) mass is 527 g/mol. The largest absolute Gasteiger partial charge is 0.573 e. The van der Waals surface area contributed by atoms with Gasteiger partial charge in [-0.25, -0.2) is 4.79 Å². The fourth-order valence-corrected chi connectivity index (χ4v) is 4.80. The van der Waals surface area contributed by atoms with E-state index in [4.69, 9.17) is 9.47 Å². The molecule has 10 heteroatoms. The number of ether oxygens (including phenoxy) is 3. The SMILES string of the molecule is COc1ccc2c(c1)O[C@@H](c1ccc(C(=O)O)cc1)C[C@H]2NC(=O)C1(c2ccc(OC(F)(F)F)cc2)CC1. The van der Waals surface area contributed by atoms with Crippen molar-refractivity contribution in [1.29, 1.82) is 0 Å². The number of alkyl halides is 3. The van der Waals surface area contributed by atoms with Gasteiger partial charge in [-0.2, -0.15) is 0 Å². The number of carbonyl (C=O) groups excluding carboxylic acids is 1. The van der Waals surface area contributed by atoms with Gasteiger partial charge >= 0.3 is 12.3 Å². The fraction of sp³-hybridized carbons (Fsp3) is 0.286. The molecule has 0 bridgehead atoms. The van der Waals surface area contributed by atoms with Crippen molar-refractivity contribution in [3.8, 4) is 17.2 Å². The molecule has 1 saturated carbocycles. The van der Waals surface area contributed by atoms with Gasteiger partial charge in [-0.05, 0) is 60.4 Å². The fourth-order valence-electron chi connectivity index (χ4n) is 4.80. The summed E-state index contributed by atoms with van der Waals surface area (Å²) in [7, 11) is 1.54. The average Bonchev–Trinajstić information content (AvgIpc) is 3.70. The van der Waals surface area contributed by atoms with Crippen molar-refractivity contribution in [2.75, 3.05) is 7.11 Å². The number of carboxylic acids is 1. The number of carboxylic acid groups (broad SMARTS) is 1. The molecule has 38 heavy (non-hydrogen) atoms. The highest BCUT2D eigenvalue weighted by atomic mass is 19.4. The van der Waals surface area contributed by atoms with E-state index in [2.05, 4.69) is 10.1 Å². The smallest absolute Gasteiger partial charge is 0.497 e. The molecule has 0 aromatic heterocycles. The Morgan fingerprint density at radius 2 is 1.66 bits per heavy atom. The van der Waals surface area contributed by atoms with Crippen molar-refractivity contribution in [3.63, 3.8) is 0 Å².